The second kappa shape index (κ2) is 6.46. The molecule has 2 atom stereocenters. The van der Waals surface area contributed by atoms with E-state index in [4.69, 9.17) is 21.1 Å². The first-order valence-electron chi connectivity index (χ1n) is 6.74. The van der Waals surface area contributed by atoms with Gasteiger partial charge in [-0.05, 0) is 43.5 Å². The molecule has 1 N–H and O–H groups in total. The summed E-state index contributed by atoms with van der Waals surface area (Å²) in [5.74, 6) is -0.241. The Morgan fingerprint density at radius 3 is 2.65 bits per heavy atom. The van der Waals surface area contributed by atoms with Crippen LogP contribution in [0.15, 0.2) is 24.3 Å². The second-order valence-electron chi connectivity index (χ2n) is 5.16. The first-order valence-corrected chi connectivity index (χ1v) is 7.12. The molecule has 20 heavy (non-hydrogen) atoms. The van der Waals surface area contributed by atoms with Gasteiger partial charge in [-0.15, -0.1) is 0 Å². The lowest BCUT2D eigenvalue weighted by molar-refractivity contribution is -0.149. The standard InChI is InChI=1S/C15H20ClNO3/c1-19-13-4-3-9-15(10-13,14(18)20-2)17-12-7-5-11(16)6-8-12/h5-8,13,17H,3-4,9-10H2,1-2H3. The Morgan fingerprint density at radius 2 is 2.05 bits per heavy atom. The van der Waals surface area contributed by atoms with Crippen molar-refractivity contribution in [2.75, 3.05) is 19.5 Å². The van der Waals surface area contributed by atoms with Gasteiger partial charge in [-0.3, -0.25) is 0 Å². The van der Waals surface area contributed by atoms with E-state index in [0.29, 0.717) is 11.4 Å². The van der Waals surface area contributed by atoms with Gasteiger partial charge in [0.25, 0.3) is 0 Å². The molecule has 0 spiro atoms. The lowest BCUT2D eigenvalue weighted by atomic mass is 9.79. The molecule has 1 aliphatic carbocycles. The number of methoxy groups -OCH3 is 2. The molecule has 5 heteroatoms. The average Bonchev–Trinajstić information content (AvgIpc) is 2.49. The molecule has 110 valence electrons. The Morgan fingerprint density at radius 1 is 1.35 bits per heavy atom. The number of rotatable bonds is 4. The van der Waals surface area contributed by atoms with Gasteiger partial charge in [-0.25, -0.2) is 4.79 Å². The van der Waals surface area contributed by atoms with Crippen LogP contribution < -0.4 is 5.32 Å². The predicted octanol–water partition coefficient (Wildman–Crippen LogP) is 3.25. The third kappa shape index (κ3) is 3.25. The summed E-state index contributed by atoms with van der Waals surface area (Å²) >= 11 is 5.89. The van der Waals surface area contributed by atoms with Crippen LogP contribution in [0.2, 0.25) is 5.02 Å². The molecule has 0 amide bonds. The minimum absolute atomic E-state index is 0.0719. The smallest absolute Gasteiger partial charge is 0.331 e. The van der Waals surface area contributed by atoms with Crippen molar-refractivity contribution in [3.05, 3.63) is 29.3 Å². The fourth-order valence-electron chi connectivity index (χ4n) is 2.78. The molecule has 1 aromatic rings. The van der Waals surface area contributed by atoms with Crippen LogP contribution in [-0.2, 0) is 14.3 Å². The van der Waals surface area contributed by atoms with Gasteiger partial charge in [-0.2, -0.15) is 0 Å². The molecule has 1 aromatic carbocycles. The first kappa shape index (κ1) is 15.1. The molecule has 0 bridgehead atoms. The molecular weight excluding hydrogens is 278 g/mol. The molecule has 0 aromatic heterocycles. The number of nitrogens with one attached hydrogen (secondary N) is 1. The molecule has 1 aliphatic rings. The molecule has 4 nitrogen and oxygen atoms in total. The van der Waals surface area contributed by atoms with E-state index < -0.39 is 5.54 Å². The average molecular weight is 298 g/mol. The number of halogens is 1. The second-order valence-corrected chi connectivity index (χ2v) is 5.60. The number of anilines is 1. The lowest BCUT2D eigenvalue weighted by Crippen LogP contribution is -2.52. The highest BCUT2D eigenvalue weighted by atomic mass is 35.5. The number of ether oxygens (including phenoxy) is 2. The number of hydrogen-bond donors (Lipinski definition) is 1. The van der Waals surface area contributed by atoms with Crippen molar-refractivity contribution in [3.8, 4) is 0 Å². The maximum absolute atomic E-state index is 12.3. The van der Waals surface area contributed by atoms with Crippen molar-refractivity contribution < 1.29 is 14.3 Å². The van der Waals surface area contributed by atoms with Gasteiger partial charge < -0.3 is 14.8 Å². The zero-order valence-electron chi connectivity index (χ0n) is 11.8. The van der Waals surface area contributed by atoms with Crippen molar-refractivity contribution in [2.45, 2.75) is 37.3 Å². The quantitative estimate of drug-likeness (QED) is 0.867. The van der Waals surface area contributed by atoms with Gasteiger partial charge in [0.05, 0.1) is 13.2 Å². The van der Waals surface area contributed by atoms with Crippen LogP contribution in [0.4, 0.5) is 5.69 Å². The van der Waals surface area contributed by atoms with Gasteiger partial charge in [0, 0.05) is 24.2 Å². The molecule has 0 heterocycles. The van der Waals surface area contributed by atoms with E-state index in [-0.39, 0.29) is 12.1 Å². The number of carbonyl (C=O) groups is 1. The lowest BCUT2D eigenvalue weighted by Gasteiger charge is -2.39. The maximum Gasteiger partial charge on any atom is 0.331 e. The third-order valence-corrected chi connectivity index (χ3v) is 4.10. The zero-order valence-corrected chi connectivity index (χ0v) is 12.6. The first-order chi connectivity index (χ1) is 9.59. The van der Waals surface area contributed by atoms with E-state index in [0.717, 1.165) is 24.9 Å². The summed E-state index contributed by atoms with van der Waals surface area (Å²) in [6.45, 7) is 0. The van der Waals surface area contributed by atoms with Crippen molar-refractivity contribution in [1.82, 2.24) is 0 Å². The molecule has 1 fully saturated rings. The maximum atomic E-state index is 12.3. The summed E-state index contributed by atoms with van der Waals surface area (Å²) in [4.78, 5) is 12.3. The number of esters is 1. The highest BCUT2D eigenvalue weighted by Gasteiger charge is 2.44. The van der Waals surface area contributed by atoms with Crippen LogP contribution in [0.5, 0.6) is 0 Å². The summed E-state index contributed by atoms with van der Waals surface area (Å²) in [5, 5.41) is 3.99. The molecule has 2 rings (SSSR count). The Bertz CT molecular complexity index is 463. The summed E-state index contributed by atoms with van der Waals surface area (Å²) < 4.78 is 10.4. The Balaban J connectivity index is 2.22. The van der Waals surface area contributed by atoms with Crippen LogP contribution in [-0.4, -0.2) is 31.8 Å². The van der Waals surface area contributed by atoms with Crippen LogP contribution in [0.1, 0.15) is 25.7 Å². The minimum atomic E-state index is -0.721. The van der Waals surface area contributed by atoms with E-state index >= 15 is 0 Å². The summed E-state index contributed by atoms with van der Waals surface area (Å²) in [6, 6.07) is 7.32. The van der Waals surface area contributed by atoms with Crippen LogP contribution in [0.3, 0.4) is 0 Å². The monoisotopic (exact) mass is 297 g/mol. The molecule has 0 aliphatic heterocycles. The highest BCUT2D eigenvalue weighted by molar-refractivity contribution is 6.30. The van der Waals surface area contributed by atoms with E-state index in [1.54, 1.807) is 19.2 Å². The molecule has 1 saturated carbocycles. The van der Waals surface area contributed by atoms with Crippen LogP contribution in [0.25, 0.3) is 0 Å². The Labute approximate surface area is 124 Å². The molecular formula is C15H20ClNO3. The zero-order chi connectivity index (χ0) is 14.6. The van der Waals surface area contributed by atoms with E-state index in [9.17, 15) is 4.79 Å². The van der Waals surface area contributed by atoms with Crippen molar-refractivity contribution in [3.63, 3.8) is 0 Å². The van der Waals surface area contributed by atoms with Crippen LogP contribution in [0, 0.1) is 0 Å². The fourth-order valence-corrected chi connectivity index (χ4v) is 2.91. The molecule has 2 unspecified atom stereocenters. The van der Waals surface area contributed by atoms with Gasteiger partial charge in [0.1, 0.15) is 5.54 Å². The Hall–Kier alpha value is -1.26. The third-order valence-electron chi connectivity index (χ3n) is 3.84. The topological polar surface area (TPSA) is 47.6 Å². The normalized spacial score (nSPS) is 26.1. The number of hydrogen-bond acceptors (Lipinski definition) is 4. The van der Waals surface area contributed by atoms with Crippen molar-refractivity contribution >= 4 is 23.3 Å². The summed E-state index contributed by atoms with van der Waals surface area (Å²) in [6.07, 6.45) is 3.31. The summed E-state index contributed by atoms with van der Waals surface area (Å²) in [5.41, 5.74) is 0.137. The molecule has 0 radical (unpaired) electrons. The van der Waals surface area contributed by atoms with Gasteiger partial charge in [-0.1, -0.05) is 11.6 Å². The fraction of sp³-hybridized carbons (Fsp3) is 0.533. The minimum Gasteiger partial charge on any atom is -0.467 e. The van der Waals surface area contributed by atoms with E-state index in [1.807, 2.05) is 12.1 Å². The largest absolute Gasteiger partial charge is 0.467 e. The van der Waals surface area contributed by atoms with Crippen molar-refractivity contribution in [1.29, 1.82) is 0 Å². The van der Waals surface area contributed by atoms with E-state index in [1.165, 1.54) is 7.11 Å². The SMILES string of the molecule is COC(=O)C1(Nc2ccc(Cl)cc2)CCCC(OC)C1. The van der Waals surface area contributed by atoms with Crippen molar-refractivity contribution in [2.24, 2.45) is 0 Å². The summed E-state index contributed by atoms with van der Waals surface area (Å²) in [7, 11) is 3.10. The molecule has 0 saturated heterocycles. The highest BCUT2D eigenvalue weighted by Crippen LogP contribution is 2.34. The number of carbonyl (C=O) groups excluding carboxylic acids is 1. The van der Waals surface area contributed by atoms with Gasteiger partial charge >= 0.3 is 5.97 Å². The van der Waals surface area contributed by atoms with E-state index in [2.05, 4.69) is 5.32 Å². The van der Waals surface area contributed by atoms with Gasteiger partial charge in [0.15, 0.2) is 0 Å². The number of benzene rings is 1. The predicted molar refractivity (Wildman–Crippen MR) is 79.1 cm³/mol. The Kier molecular flexibility index (Phi) is 4.89. The van der Waals surface area contributed by atoms with Crippen LogP contribution >= 0.6 is 11.6 Å². The van der Waals surface area contributed by atoms with Gasteiger partial charge in [0.2, 0.25) is 0 Å².